The second kappa shape index (κ2) is 6.28. The molecule has 0 aliphatic heterocycles. The highest BCUT2D eigenvalue weighted by molar-refractivity contribution is 7.89. The Morgan fingerprint density at radius 2 is 2.00 bits per heavy atom. The van der Waals surface area contributed by atoms with E-state index in [2.05, 4.69) is 11.6 Å². The number of aromatic nitrogens is 1. The van der Waals surface area contributed by atoms with Gasteiger partial charge in [0.2, 0.25) is 10.0 Å². The fourth-order valence-electron chi connectivity index (χ4n) is 2.90. The Morgan fingerprint density at radius 3 is 2.50 bits per heavy atom. The molecule has 6 heteroatoms. The van der Waals surface area contributed by atoms with Crippen molar-refractivity contribution < 1.29 is 8.42 Å². The first-order chi connectivity index (χ1) is 9.46. The molecule has 0 spiro atoms. The Hall–Kier alpha value is -0.850. The number of hydrogen-bond acceptors (Lipinski definition) is 3. The van der Waals surface area contributed by atoms with E-state index in [-0.39, 0.29) is 6.04 Å². The quantitative estimate of drug-likeness (QED) is 0.869. The second-order valence-corrected chi connectivity index (χ2v) is 7.44. The Balaban J connectivity index is 2.04. The summed E-state index contributed by atoms with van der Waals surface area (Å²) in [7, 11) is -1.61. The second-order valence-electron chi connectivity index (χ2n) is 5.73. The van der Waals surface area contributed by atoms with Gasteiger partial charge in [0.1, 0.15) is 0 Å². The molecule has 1 aromatic rings. The number of nitrogens with two attached hydrogens (primary N) is 1. The van der Waals surface area contributed by atoms with Gasteiger partial charge in [-0.15, -0.1) is 0 Å². The van der Waals surface area contributed by atoms with Crippen LogP contribution in [0, 0.1) is 5.92 Å². The molecule has 1 aromatic heterocycles. The number of nitrogens with zero attached hydrogens (tertiary/aromatic N) is 1. The van der Waals surface area contributed by atoms with Gasteiger partial charge in [0.15, 0.2) is 0 Å². The van der Waals surface area contributed by atoms with Crippen LogP contribution in [-0.4, -0.2) is 19.0 Å². The van der Waals surface area contributed by atoms with Crippen molar-refractivity contribution in [2.24, 2.45) is 18.7 Å². The van der Waals surface area contributed by atoms with Gasteiger partial charge in [0, 0.05) is 31.5 Å². The van der Waals surface area contributed by atoms with Crippen molar-refractivity contribution in [3.63, 3.8) is 0 Å². The lowest BCUT2D eigenvalue weighted by atomic mass is 9.85. The van der Waals surface area contributed by atoms with Crippen molar-refractivity contribution >= 4 is 10.0 Å². The van der Waals surface area contributed by atoms with Gasteiger partial charge in [-0.2, -0.15) is 0 Å². The van der Waals surface area contributed by atoms with Crippen molar-refractivity contribution in [1.82, 2.24) is 9.29 Å². The van der Waals surface area contributed by atoms with E-state index in [9.17, 15) is 8.42 Å². The minimum atomic E-state index is -3.42. The molecule has 1 heterocycles. The third-order valence-electron chi connectivity index (χ3n) is 4.35. The summed E-state index contributed by atoms with van der Waals surface area (Å²) in [5.41, 5.74) is 6.41. The van der Waals surface area contributed by atoms with Gasteiger partial charge >= 0.3 is 0 Å². The molecule has 114 valence electrons. The Bertz CT molecular complexity index is 543. The fraction of sp³-hybridized carbons (Fsp3) is 0.714. The topological polar surface area (TPSA) is 77.1 Å². The van der Waals surface area contributed by atoms with Crippen LogP contribution in [0.15, 0.2) is 17.2 Å². The molecule has 0 bridgehead atoms. The zero-order valence-corrected chi connectivity index (χ0v) is 13.1. The smallest absolute Gasteiger partial charge is 0.242 e. The molecular formula is C14H25N3O2S. The maximum absolute atomic E-state index is 12.4. The monoisotopic (exact) mass is 299 g/mol. The van der Waals surface area contributed by atoms with Crippen LogP contribution in [0.3, 0.4) is 0 Å². The van der Waals surface area contributed by atoms with Crippen LogP contribution < -0.4 is 10.5 Å². The Kier molecular flexibility index (Phi) is 4.88. The predicted octanol–water partition coefficient (Wildman–Crippen LogP) is 1.73. The summed E-state index contributed by atoms with van der Waals surface area (Å²) in [6.45, 7) is 2.54. The molecule has 20 heavy (non-hydrogen) atoms. The van der Waals surface area contributed by atoms with Crippen LogP contribution in [0.25, 0.3) is 0 Å². The molecule has 1 aliphatic carbocycles. The van der Waals surface area contributed by atoms with Gasteiger partial charge in [0.05, 0.1) is 4.90 Å². The maximum atomic E-state index is 12.4. The van der Waals surface area contributed by atoms with Crippen molar-refractivity contribution in [1.29, 1.82) is 0 Å². The van der Waals surface area contributed by atoms with E-state index in [1.165, 1.54) is 6.42 Å². The SMILES string of the molecule is CCC1CCC(NS(=O)(=O)c2cc(CN)n(C)c2)CC1. The number of nitrogens with one attached hydrogen (secondary N) is 1. The van der Waals surface area contributed by atoms with E-state index in [0.717, 1.165) is 37.3 Å². The van der Waals surface area contributed by atoms with Gasteiger partial charge in [-0.1, -0.05) is 13.3 Å². The first kappa shape index (κ1) is 15.5. The van der Waals surface area contributed by atoms with E-state index >= 15 is 0 Å². The molecule has 1 aliphatic rings. The summed E-state index contributed by atoms with van der Waals surface area (Å²) in [4.78, 5) is 0.318. The molecular weight excluding hydrogens is 274 g/mol. The molecule has 0 amide bonds. The zero-order valence-electron chi connectivity index (χ0n) is 12.3. The molecule has 0 saturated heterocycles. The first-order valence-electron chi connectivity index (χ1n) is 7.34. The highest BCUT2D eigenvalue weighted by Gasteiger charge is 2.25. The van der Waals surface area contributed by atoms with Crippen molar-refractivity contribution in [3.05, 3.63) is 18.0 Å². The van der Waals surface area contributed by atoms with E-state index in [4.69, 9.17) is 5.73 Å². The predicted molar refractivity (Wildman–Crippen MR) is 79.7 cm³/mol. The highest BCUT2D eigenvalue weighted by atomic mass is 32.2. The van der Waals surface area contributed by atoms with E-state index < -0.39 is 10.0 Å². The number of aryl methyl sites for hydroxylation is 1. The van der Waals surface area contributed by atoms with Crippen LogP contribution >= 0.6 is 0 Å². The molecule has 0 radical (unpaired) electrons. The summed E-state index contributed by atoms with van der Waals surface area (Å²) in [5.74, 6) is 0.760. The van der Waals surface area contributed by atoms with Crippen molar-refractivity contribution in [2.75, 3.05) is 0 Å². The number of rotatable bonds is 5. The molecule has 5 nitrogen and oxygen atoms in total. The Labute approximate surface area is 121 Å². The third-order valence-corrected chi connectivity index (χ3v) is 5.84. The molecule has 0 atom stereocenters. The maximum Gasteiger partial charge on any atom is 0.242 e. The van der Waals surface area contributed by atoms with Gasteiger partial charge in [-0.25, -0.2) is 13.1 Å². The van der Waals surface area contributed by atoms with Crippen molar-refractivity contribution in [2.45, 2.75) is 56.5 Å². The third kappa shape index (κ3) is 3.42. The summed E-state index contributed by atoms with van der Waals surface area (Å²) in [6, 6.07) is 1.73. The minimum absolute atomic E-state index is 0.0735. The van der Waals surface area contributed by atoms with E-state index in [0.29, 0.717) is 11.4 Å². The Morgan fingerprint density at radius 1 is 1.35 bits per heavy atom. The van der Waals surface area contributed by atoms with E-state index in [1.54, 1.807) is 16.8 Å². The molecule has 2 rings (SSSR count). The minimum Gasteiger partial charge on any atom is -0.352 e. The normalized spacial score (nSPS) is 23.9. The summed E-state index contributed by atoms with van der Waals surface area (Å²) >= 11 is 0. The largest absolute Gasteiger partial charge is 0.352 e. The van der Waals surface area contributed by atoms with Gasteiger partial charge in [0.25, 0.3) is 0 Å². The average molecular weight is 299 g/mol. The van der Waals surface area contributed by atoms with Crippen LogP contribution in [0.2, 0.25) is 0 Å². The summed E-state index contributed by atoms with van der Waals surface area (Å²) in [5, 5.41) is 0. The fourth-order valence-corrected chi connectivity index (χ4v) is 4.30. The molecule has 3 N–H and O–H groups in total. The first-order valence-corrected chi connectivity index (χ1v) is 8.82. The molecule has 0 aromatic carbocycles. The number of hydrogen-bond donors (Lipinski definition) is 2. The van der Waals surface area contributed by atoms with Crippen LogP contribution in [0.4, 0.5) is 0 Å². The molecule has 1 saturated carbocycles. The van der Waals surface area contributed by atoms with Crippen LogP contribution in [0.1, 0.15) is 44.7 Å². The van der Waals surface area contributed by atoms with Crippen LogP contribution in [0.5, 0.6) is 0 Å². The van der Waals surface area contributed by atoms with E-state index in [1.807, 2.05) is 7.05 Å². The van der Waals surface area contributed by atoms with Gasteiger partial charge < -0.3 is 10.3 Å². The standard InChI is InChI=1S/C14H25N3O2S/c1-3-11-4-6-12(7-5-11)16-20(18,19)14-8-13(9-15)17(2)10-14/h8,10-12,16H,3-7,9,15H2,1-2H3. The lowest BCUT2D eigenvalue weighted by Gasteiger charge is -2.28. The average Bonchev–Trinajstić information content (AvgIpc) is 2.81. The molecule has 0 unspecified atom stereocenters. The zero-order chi connectivity index (χ0) is 14.8. The summed E-state index contributed by atoms with van der Waals surface area (Å²) < 4.78 is 29.3. The lowest BCUT2D eigenvalue weighted by Crippen LogP contribution is -2.37. The number of sulfonamides is 1. The van der Waals surface area contributed by atoms with Gasteiger partial charge in [-0.05, 0) is 37.7 Å². The highest BCUT2D eigenvalue weighted by Crippen LogP contribution is 2.27. The van der Waals surface area contributed by atoms with Crippen LogP contribution in [-0.2, 0) is 23.6 Å². The summed E-state index contributed by atoms with van der Waals surface area (Å²) in [6.07, 6.45) is 6.93. The lowest BCUT2D eigenvalue weighted by molar-refractivity contribution is 0.306. The van der Waals surface area contributed by atoms with Gasteiger partial charge in [-0.3, -0.25) is 0 Å². The molecule has 1 fully saturated rings. The van der Waals surface area contributed by atoms with Crippen molar-refractivity contribution in [3.8, 4) is 0 Å².